The van der Waals surface area contributed by atoms with Gasteiger partial charge in [0.2, 0.25) is 0 Å². The molecular weight excluding hydrogens is 532 g/mol. The van der Waals surface area contributed by atoms with Gasteiger partial charge in [0.05, 0.1) is 11.4 Å². The summed E-state index contributed by atoms with van der Waals surface area (Å²) in [5.41, 5.74) is 2.01. The number of halogens is 3. The van der Waals surface area contributed by atoms with Crippen molar-refractivity contribution in [3.8, 4) is 0 Å². The van der Waals surface area contributed by atoms with Crippen LogP contribution in [0.1, 0.15) is 13.8 Å². The summed E-state index contributed by atoms with van der Waals surface area (Å²) < 4.78 is 0. The summed E-state index contributed by atoms with van der Waals surface area (Å²) in [4.78, 5) is 7.61. The van der Waals surface area contributed by atoms with Crippen LogP contribution in [0, 0.1) is 0 Å². The summed E-state index contributed by atoms with van der Waals surface area (Å²) in [6.07, 6.45) is 0. The third-order valence-electron chi connectivity index (χ3n) is 1.19. The zero-order valence-electron chi connectivity index (χ0n) is 7.48. The Balaban J connectivity index is 0. The van der Waals surface area contributed by atoms with E-state index in [4.69, 9.17) is 0 Å². The predicted molar refractivity (Wildman–Crippen MR) is 80.1 cm³/mol. The summed E-state index contributed by atoms with van der Waals surface area (Å²) in [6.45, 7) is 3.89. The Morgan fingerprint density at radius 2 is 1.08 bits per heavy atom. The molecule has 0 aliphatic carbocycles. The van der Waals surface area contributed by atoms with E-state index in [9.17, 15) is 0 Å². The number of hydrogen-bond donors (Lipinski definition) is 0. The molecule has 0 rings (SSSR count). The second-order valence-corrected chi connectivity index (χ2v) is 37.2. The first-order chi connectivity index (χ1) is 5.45. The van der Waals surface area contributed by atoms with Gasteiger partial charge in [0, 0.05) is 14.1 Å². The number of hydrogen-bond acceptors (Lipinski definition) is 2. The first-order valence-electron chi connectivity index (χ1n) is 3.10. The Hall–Kier alpha value is 2.11. The summed E-state index contributed by atoms with van der Waals surface area (Å²) in [5, 5.41) is 0. The Morgan fingerprint density at radius 3 is 1.17 bits per heavy atom. The van der Waals surface area contributed by atoms with E-state index in [1.165, 1.54) is 0 Å². The van der Waals surface area contributed by atoms with Gasteiger partial charge in [-0.05, 0) is 13.8 Å². The number of rotatable bonds is 1. The Kier molecular flexibility index (Phi) is 15.4. The summed E-state index contributed by atoms with van der Waals surface area (Å²) in [5.74, 6) is 0. The minimum atomic E-state index is -0.278. The third kappa shape index (κ3) is 14.6. The van der Waals surface area contributed by atoms with Crippen molar-refractivity contribution in [2.45, 2.75) is 13.8 Å². The van der Waals surface area contributed by atoms with E-state index in [2.05, 4.69) is 69.9 Å². The molecule has 0 heterocycles. The fourth-order valence-corrected chi connectivity index (χ4v) is 0.324. The quantitative estimate of drug-likeness (QED) is 0.355. The van der Waals surface area contributed by atoms with Gasteiger partial charge in [-0.1, -0.05) is 0 Å². The molecule has 0 fully saturated rings. The van der Waals surface area contributed by atoms with Gasteiger partial charge in [0.15, 0.2) is 0 Å². The monoisotopic (exact) mass is 544 g/mol. The van der Waals surface area contributed by atoms with Crippen molar-refractivity contribution < 1.29 is 4.92 Å². The molecular formula is C6H12I3N2V. The van der Waals surface area contributed by atoms with Crippen LogP contribution in [0.15, 0.2) is 9.98 Å². The molecule has 0 unspecified atom stereocenters. The van der Waals surface area contributed by atoms with Gasteiger partial charge in [0.1, 0.15) is 0 Å². The molecule has 0 bridgehead atoms. The van der Waals surface area contributed by atoms with Crippen molar-refractivity contribution in [2.75, 3.05) is 14.1 Å². The van der Waals surface area contributed by atoms with Gasteiger partial charge in [0.25, 0.3) is 0 Å². The Bertz CT molecular complexity index is 149. The van der Waals surface area contributed by atoms with Crippen molar-refractivity contribution in [3.63, 3.8) is 0 Å². The molecule has 12 heavy (non-hydrogen) atoms. The average Bonchev–Trinajstić information content (AvgIpc) is 2.00. The standard InChI is InChI=1S/C6H12N2.3HI.V/c1-5(7-3)6(2)8-4;;;;/h1-4H3;3*1H;/q;;;;+3/p-3. The summed E-state index contributed by atoms with van der Waals surface area (Å²) in [7, 11) is 3.54. The maximum atomic E-state index is 3.95. The molecule has 6 heteroatoms. The molecule has 0 aromatic rings. The molecule has 0 amide bonds. The van der Waals surface area contributed by atoms with Crippen molar-refractivity contribution in [1.82, 2.24) is 0 Å². The molecule has 0 aliphatic rings. The first kappa shape index (κ1) is 16.5. The first-order valence-corrected chi connectivity index (χ1v) is 16.6. The average molecular weight is 544 g/mol. The number of nitrogens with zero attached hydrogens (tertiary/aromatic N) is 2. The fraction of sp³-hybridized carbons (Fsp3) is 0.667. The minimum absolute atomic E-state index is 0.278. The maximum absolute atomic E-state index is 3.95. The van der Waals surface area contributed by atoms with Crippen LogP contribution in [0.4, 0.5) is 0 Å². The second kappa shape index (κ2) is 11.2. The van der Waals surface area contributed by atoms with Gasteiger partial charge in [-0.25, -0.2) is 0 Å². The number of aliphatic imine (C=N–C) groups is 2. The van der Waals surface area contributed by atoms with Gasteiger partial charge in [-0.3, -0.25) is 9.98 Å². The van der Waals surface area contributed by atoms with Crippen LogP contribution in [-0.4, -0.2) is 25.5 Å². The molecule has 0 aromatic heterocycles. The predicted octanol–water partition coefficient (Wildman–Crippen LogP) is 3.82. The van der Waals surface area contributed by atoms with Gasteiger partial charge in [-0.2, -0.15) is 0 Å². The Morgan fingerprint density at radius 1 is 0.917 bits per heavy atom. The van der Waals surface area contributed by atoms with Crippen LogP contribution >= 0.6 is 59.9 Å². The van der Waals surface area contributed by atoms with Crippen molar-refractivity contribution >= 4 is 71.4 Å². The Labute approximate surface area is 112 Å². The van der Waals surface area contributed by atoms with Crippen molar-refractivity contribution in [1.29, 1.82) is 0 Å². The van der Waals surface area contributed by atoms with E-state index < -0.39 is 0 Å². The van der Waals surface area contributed by atoms with Crippen LogP contribution in [0.2, 0.25) is 0 Å². The third-order valence-corrected chi connectivity index (χ3v) is 1.19. The van der Waals surface area contributed by atoms with Crippen LogP contribution in [0.3, 0.4) is 0 Å². The van der Waals surface area contributed by atoms with E-state index in [0.29, 0.717) is 0 Å². The molecule has 0 saturated carbocycles. The SMILES string of the molecule is CN=C(C)C(C)=NC.[I][V]([I])[I]. The van der Waals surface area contributed by atoms with Crippen LogP contribution in [0.5, 0.6) is 0 Å². The molecule has 72 valence electrons. The molecule has 0 spiro atoms. The molecule has 0 N–H and O–H groups in total. The molecule has 2 nitrogen and oxygen atoms in total. The van der Waals surface area contributed by atoms with E-state index in [0.717, 1.165) is 11.4 Å². The van der Waals surface area contributed by atoms with Crippen LogP contribution in [-0.2, 0) is 4.92 Å². The summed E-state index contributed by atoms with van der Waals surface area (Å²) >= 11 is 7.39. The topological polar surface area (TPSA) is 24.7 Å². The van der Waals surface area contributed by atoms with Crippen molar-refractivity contribution in [2.24, 2.45) is 9.98 Å². The summed E-state index contributed by atoms with van der Waals surface area (Å²) in [6, 6.07) is 0. The zero-order valence-corrected chi connectivity index (χ0v) is 15.3. The van der Waals surface area contributed by atoms with Crippen LogP contribution < -0.4 is 0 Å². The molecule has 0 atom stereocenters. The normalized spacial score (nSPS) is 12.7. The van der Waals surface area contributed by atoms with Gasteiger partial charge in [-0.15, -0.1) is 0 Å². The molecule has 0 aliphatic heterocycles. The van der Waals surface area contributed by atoms with E-state index in [1.807, 2.05) is 13.8 Å². The van der Waals surface area contributed by atoms with Gasteiger partial charge < -0.3 is 0 Å². The second-order valence-electron chi connectivity index (χ2n) is 1.81. The fourth-order valence-electron chi connectivity index (χ4n) is 0.324. The van der Waals surface area contributed by atoms with E-state index in [1.54, 1.807) is 14.1 Å². The van der Waals surface area contributed by atoms with E-state index >= 15 is 0 Å². The molecule has 0 aromatic carbocycles. The van der Waals surface area contributed by atoms with Gasteiger partial charge >= 0.3 is 64.9 Å². The van der Waals surface area contributed by atoms with Crippen LogP contribution in [0.25, 0.3) is 0 Å². The molecule has 0 saturated heterocycles. The van der Waals surface area contributed by atoms with E-state index in [-0.39, 0.29) is 4.92 Å². The zero-order chi connectivity index (χ0) is 10.1. The molecule has 0 radical (unpaired) electrons. The van der Waals surface area contributed by atoms with Crippen molar-refractivity contribution in [3.05, 3.63) is 0 Å².